The first-order chi connectivity index (χ1) is 15.1. The number of anilines is 1. The second-order valence-corrected chi connectivity index (χ2v) is 6.99. The molecule has 0 bridgehead atoms. The molecule has 0 spiro atoms. The predicted octanol–water partition coefficient (Wildman–Crippen LogP) is 4.20. The van der Waals surface area contributed by atoms with Crippen LogP contribution in [0.5, 0.6) is 0 Å². The van der Waals surface area contributed by atoms with E-state index in [9.17, 15) is 9.59 Å². The third-order valence-corrected chi connectivity index (χ3v) is 4.82. The number of carbonyl (C=O) groups excluding carboxylic acids is 2. The van der Waals surface area contributed by atoms with Gasteiger partial charge in [-0.2, -0.15) is 5.10 Å². The quantitative estimate of drug-likeness (QED) is 0.437. The molecule has 0 aliphatic heterocycles. The minimum Gasteiger partial charge on any atom is -0.445 e. The summed E-state index contributed by atoms with van der Waals surface area (Å²) >= 11 is 0. The highest BCUT2D eigenvalue weighted by molar-refractivity contribution is 6.08. The molecule has 1 atom stereocenters. The maximum Gasteiger partial charge on any atom is 0.407 e. The van der Waals surface area contributed by atoms with Crippen LogP contribution in [-0.4, -0.2) is 27.2 Å². The van der Waals surface area contributed by atoms with Crippen molar-refractivity contribution < 1.29 is 14.3 Å². The second-order valence-electron chi connectivity index (χ2n) is 6.99. The van der Waals surface area contributed by atoms with E-state index in [1.165, 1.54) is 0 Å². The molecule has 0 aliphatic rings. The van der Waals surface area contributed by atoms with Crippen LogP contribution >= 0.6 is 0 Å². The molecule has 1 unspecified atom stereocenters. The van der Waals surface area contributed by atoms with E-state index in [2.05, 4.69) is 25.8 Å². The first kappa shape index (κ1) is 20.1. The van der Waals surface area contributed by atoms with Gasteiger partial charge in [-0.3, -0.25) is 9.89 Å². The van der Waals surface area contributed by atoms with Crippen molar-refractivity contribution in [2.45, 2.75) is 19.6 Å². The number of aromatic amines is 1. The Labute approximate surface area is 178 Å². The number of alkyl carbamates (subject to hydrolysis) is 1. The third-order valence-electron chi connectivity index (χ3n) is 4.82. The van der Waals surface area contributed by atoms with Crippen molar-refractivity contribution >= 4 is 28.7 Å². The topological polar surface area (TPSA) is 109 Å². The maximum atomic E-state index is 12.6. The predicted molar refractivity (Wildman–Crippen MR) is 116 cm³/mol. The molecule has 31 heavy (non-hydrogen) atoms. The Kier molecular flexibility index (Phi) is 5.89. The second kappa shape index (κ2) is 9.08. The van der Waals surface area contributed by atoms with Crippen molar-refractivity contribution in [2.24, 2.45) is 0 Å². The molecule has 0 radical (unpaired) electrons. The van der Waals surface area contributed by atoms with Gasteiger partial charge in [0.15, 0.2) is 5.65 Å². The maximum absolute atomic E-state index is 12.6. The van der Waals surface area contributed by atoms with E-state index < -0.39 is 6.09 Å². The number of amides is 2. The van der Waals surface area contributed by atoms with Gasteiger partial charge < -0.3 is 15.4 Å². The number of pyridine rings is 1. The van der Waals surface area contributed by atoms with E-state index in [0.29, 0.717) is 16.9 Å². The van der Waals surface area contributed by atoms with Gasteiger partial charge in [0, 0.05) is 11.8 Å². The summed E-state index contributed by atoms with van der Waals surface area (Å²) in [6.07, 6.45) is 2.72. The summed E-state index contributed by atoms with van der Waals surface area (Å²) in [5.74, 6) is -0.247. The third kappa shape index (κ3) is 4.87. The summed E-state index contributed by atoms with van der Waals surface area (Å²) in [7, 11) is 0. The van der Waals surface area contributed by atoms with E-state index in [0.717, 1.165) is 16.5 Å². The van der Waals surface area contributed by atoms with Crippen molar-refractivity contribution in [3.05, 3.63) is 89.7 Å². The van der Waals surface area contributed by atoms with Crippen LogP contribution in [0.1, 0.15) is 34.5 Å². The lowest BCUT2D eigenvalue weighted by Crippen LogP contribution is -2.27. The van der Waals surface area contributed by atoms with Crippen molar-refractivity contribution in [2.75, 3.05) is 5.32 Å². The van der Waals surface area contributed by atoms with Crippen LogP contribution < -0.4 is 10.6 Å². The molecular weight excluding hydrogens is 394 g/mol. The van der Waals surface area contributed by atoms with E-state index in [1.54, 1.807) is 42.7 Å². The molecule has 8 heteroatoms. The summed E-state index contributed by atoms with van der Waals surface area (Å²) in [4.78, 5) is 28.8. The molecule has 0 saturated carbocycles. The summed E-state index contributed by atoms with van der Waals surface area (Å²) in [5.41, 5.74) is 3.50. The molecule has 8 nitrogen and oxygen atoms in total. The zero-order valence-corrected chi connectivity index (χ0v) is 16.8. The summed E-state index contributed by atoms with van der Waals surface area (Å²) in [6, 6.07) is 18.0. The number of aromatic nitrogens is 3. The molecule has 3 N–H and O–H groups in total. The van der Waals surface area contributed by atoms with Crippen LogP contribution in [0.15, 0.2) is 73.1 Å². The van der Waals surface area contributed by atoms with Crippen LogP contribution in [0, 0.1) is 0 Å². The first-order valence-corrected chi connectivity index (χ1v) is 9.77. The van der Waals surface area contributed by atoms with Gasteiger partial charge in [0.2, 0.25) is 0 Å². The van der Waals surface area contributed by atoms with Gasteiger partial charge in [0.25, 0.3) is 5.91 Å². The number of fused-ring (bicyclic) bond motifs is 1. The van der Waals surface area contributed by atoms with E-state index in [4.69, 9.17) is 4.74 Å². The van der Waals surface area contributed by atoms with Crippen LogP contribution in [0.25, 0.3) is 11.0 Å². The number of hydrogen-bond acceptors (Lipinski definition) is 5. The standard InChI is InChI=1S/C23H21N5O3/c1-15(26-23(30)31-14-16-5-3-2-4-6-16)17-7-9-18(10-8-17)22(29)27-20-11-12-24-21-19(20)13-25-28-21/h2-13,15H,14H2,1H3,(H,26,30)(H2,24,25,27,28,29). The number of ether oxygens (including phenoxy) is 1. The molecule has 2 aromatic carbocycles. The Bertz CT molecular complexity index is 1190. The lowest BCUT2D eigenvalue weighted by Gasteiger charge is -2.15. The van der Waals surface area contributed by atoms with E-state index in [-0.39, 0.29) is 18.6 Å². The fourth-order valence-corrected chi connectivity index (χ4v) is 3.10. The highest BCUT2D eigenvalue weighted by Crippen LogP contribution is 2.20. The monoisotopic (exact) mass is 415 g/mol. The van der Waals surface area contributed by atoms with E-state index >= 15 is 0 Å². The number of nitrogens with zero attached hydrogens (tertiary/aromatic N) is 2. The minimum absolute atomic E-state index is 0.206. The van der Waals surface area contributed by atoms with Crippen LogP contribution in [0.2, 0.25) is 0 Å². The first-order valence-electron chi connectivity index (χ1n) is 9.77. The van der Waals surface area contributed by atoms with Gasteiger partial charge in [-0.1, -0.05) is 42.5 Å². The largest absolute Gasteiger partial charge is 0.445 e. The smallest absolute Gasteiger partial charge is 0.407 e. The zero-order chi connectivity index (χ0) is 21.6. The highest BCUT2D eigenvalue weighted by Gasteiger charge is 2.13. The fourth-order valence-electron chi connectivity index (χ4n) is 3.10. The molecule has 2 heterocycles. The fraction of sp³-hybridized carbons (Fsp3) is 0.130. The van der Waals surface area contributed by atoms with Crippen LogP contribution in [0.4, 0.5) is 10.5 Å². The van der Waals surface area contributed by atoms with Crippen molar-refractivity contribution in [1.82, 2.24) is 20.5 Å². The number of rotatable bonds is 6. The summed E-state index contributed by atoms with van der Waals surface area (Å²) in [5, 5.41) is 13.1. The summed E-state index contributed by atoms with van der Waals surface area (Å²) in [6.45, 7) is 2.06. The van der Waals surface area contributed by atoms with Gasteiger partial charge in [0.1, 0.15) is 6.61 Å². The molecule has 2 aromatic heterocycles. The van der Waals surface area contributed by atoms with E-state index in [1.807, 2.05) is 37.3 Å². The Morgan fingerprint density at radius 1 is 1.06 bits per heavy atom. The Hall–Kier alpha value is -4.20. The van der Waals surface area contributed by atoms with Gasteiger partial charge in [0.05, 0.1) is 23.3 Å². The Morgan fingerprint density at radius 3 is 2.61 bits per heavy atom. The Balaban J connectivity index is 1.34. The van der Waals surface area contributed by atoms with Gasteiger partial charge in [-0.15, -0.1) is 0 Å². The molecule has 156 valence electrons. The number of hydrogen-bond donors (Lipinski definition) is 3. The average Bonchev–Trinajstić information content (AvgIpc) is 3.28. The van der Waals surface area contributed by atoms with Crippen molar-refractivity contribution in [1.29, 1.82) is 0 Å². The molecule has 2 amide bonds. The number of nitrogens with one attached hydrogen (secondary N) is 3. The average molecular weight is 415 g/mol. The van der Waals surface area contributed by atoms with Crippen molar-refractivity contribution in [3.63, 3.8) is 0 Å². The number of H-pyrrole nitrogens is 1. The lowest BCUT2D eigenvalue weighted by atomic mass is 10.1. The zero-order valence-electron chi connectivity index (χ0n) is 16.8. The number of benzene rings is 2. The van der Waals surface area contributed by atoms with Crippen LogP contribution in [-0.2, 0) is 11.3 Å². The molecule has 4 rings (SSSR count). The van der Waals surface area contributed by atoms with Gasteiger partial charge in [-0.25, -0.2) is 9.78 Å². The lowest BCUT2D eigenvalue weighted by molar-refractivity contribution is 0.102. The Morgan fingerprint density at radius 2 is 1.84 bits per heavy atom. The molecular formula is C23H21N5O3. The minimum atomic E-state index is -0.500. The summed E-state index contributed by atoms with van der Waals surface area (Å²) < 4.78 is 5.25. The SMILES string of the molecule is CC(NC(=O)OCc1ccccc1)c1ccc(C(=O)Nc2ccnc3[nH]ncc23)cc1. The van der Waals surface area contributed by atoms with Gasteiger partial charge >= 0.3 is 6.09 Å². The number of carbonyl (C=O) groups is 2. The molecule has 0 fully saturated rings. The van der Waals surface area contributed by atoms with Gasteiger partial charge in [-0.05, 0) is 36.2 Å². The highest BCUT2D eigenvalue weighted by atomic mass is 16.5. The van der Waals surface area contributed by atoms with Crippen LogP contribution in [0.3, 0.4) is 0 Å². The normalized spacial score (nSPS) is 11.6. The molecule has 0 aliphatic carbocycles. The molecule has 0 saturated heterocycles. The van der Waals surface area contributed by atoms with Crippen molar-refractivity contribution in [3.8, 4) is 0 Å². The molecule has 4 aromatic rings.